The molecule has 0 bridgehead atoms. The van der Waals surface area contributed by atoms with E-state index in [9.17, 15) is 0 Å². The summed E-state index contributed by atoms with van der Waals surface area (Å²) in [6.07, 6.45) is 1.35. The van der Waals surface area contributed by atoms with Gasteiger partial charge in [-0.15, -0.1) is 0 Å². The average molecular weight is 124 g/mol. The Kier molecular flexibility index (Phi) is 1.65. The van der Waals surface area contributed by atoms with Crippen molar-refractivity contribution < 1.29 is 0 Å². The molecule has 0 aromatic rings. The van der Waals surface area contributed by atoms with E-state index in [1.807, 2.05) is 0 Å². The van der Waals surface area contributed by atoms with Crippen molar-refractivity contribution in [3.63, 3.8) is 0 Å². The summed E-state index contributed by atoms with van der Waals surface area (Å²) < 4.78 is 0. The molecule has 3 unspecified atom stereocenters. The molecule has 1 aliphatic rings. The van der Waals surface area contributed by atoms with Crippen LogP contribution in [0.4, 0.5) is 0 Å². The van der Waals surface area contributed by atoms with Crippen LogP contribution in [0, 0.1) is 17.8 Å². The predicted octanol–water partition coefficient (Wildman–Crippen LogP) is 2.85. The van der Waals surface area contributed by atoms with Crippen LogP contribution in [0.25, 0.3) is 0 Å². The van der Waals surface area contributed by atoms with Gasteiger partial charge in [-0.1, -0.05) is 32.9 Å². The van der Waals surface area contributed by atoms with Crippen molar-refractivity contribution in [2.24, 2.45) is 17.8 Å². The normalized spacial score (nSPS) is 43.9. The SMILES string of the molecule is C=C1C(C)CC(C)C1C. The fourth-order valence-electron chi connectivity index (χ4n) is 1.73. The van der Waals surface area contributed by atoms with Crippen LogP contribution in [0.5, 0.6) is 0 Å². The molecule has 1 saturated carbocycles. The summed E-state index contributed by atoms with van der Waals surface area (Å²) in [5.74, 6) is 2.41. The topological polar surface area (TPSA) is 0 Å². The molecule has 0 aromatic heterocycles. The molecule has 0 radical (unpaired) electrons. The molecule has 3 atom stereocenters. The molecule has 0 aromatic carbocycles. The summed E-state index contributed by atoms with van der Waals surface area (Å²) >= 11 is 0. The smallest absolute Gasteiger partial charge is 0.0206 e. The zero-order valence-corrected chi connectivity index (χ0v) is 6.65. The quantitative estimate of drug-likeness (QED) is 0.435. The van der Waals surface area contributed by atoms with Crippen LogP contribution in [0.2, 0.25) is 0 Å². The molecular formula is C9H16. The van der Waals surface area contributed by atoms with Crippen LogP contribution in [0.15, 0.2) is 12.2 Å². The third-order valence-corrected chi connectivity index (χ3v) is 2.80. The Labute approximate surface area is 58.0 Å². The first-order chi connectivity index (χ1) is 4.13. The van der Waals surface area contributed by atoms with Gasteiger partial charge in [0.05, 0.1) is 0 Å². The van der Waals surface area contributed by atoms with Gasteiger partial charge in [-0.2, -0.15) is 0 Å². The van der Waals surface area contributed by atoms with Crippen LogP contribution in [-0.4, -0.2) is 0 Å². The average Bonchev–Trinajstić information content (AvgIpc) is 1.98. The Morgan fingerprint density at radius 3 is 2.00 bits per heavy atom. The second-order valence-corrected chi connectivity index (χ2v) is 3.48. The molecule has 0 spiro atoms. The maximum absolute atomic E-state index is 4.07. The maximum atomic E-state index is 4.07. The molecular weight excluding hydrogens is 108 g/mol. The minimum atomic E-state index is 0.764. The standard InChI is InChI=1S/C9H16/c1-6-5-7(2)9(4)8(6)3/h6-7,9H,3,5H2,1-2,4H3. The van der Waals surface area contributed by atoms with E-state index in [2.05, 4.69) is 27.4 Å². The first-order valence-corrected chi connectivity index (χ1v) is 3.81. The van der Waals surface area contributed by atoms with Gasteiger partial charge in [0.2, 0.25) is 0 Å². The predicted molar refractivity (Wildman–Crippen MR) is 41.2 cm³/mol. The zero-order valence-electron chi connectivity index (χ0n) is 6.65. The van der Waals surface area contributed by atoms with E-state index in [1.54, 1.807) is 0 Å². The van der Waals surface area contributed by atoms with Gasteiger partial charge in [0, 0.05) is 0 Å². The van der Waals surface area contributed by atoms with Crippen molar-refractivity contribution in [2.45, 2.75) is 27.2 Å². The van der Waals surface area contributed by atoms with Crippen molar-refractivity contribution in [1.29, 1.82) is 0 Å². The fourth-order valence-corrected chi connectivity index (χ4v) is 1.73. The first kappa shape index (κ1) is 6.85. The van der Waals surface area contributed by atoms with Crippen molar-refractivity contribution in [2.75, 3.05) is 0 Å². The van der Waals surface area contributed by atoms with E-state index >= 15 is 0 Å². The molecule has 0 saturated heterocycles. The lowest BCUT2D eigenvalue weighted by molar-refractivity contribution is 0.481. The van der Waals surface area contributed by atoms with Gasteiger partial charge in [-0.3, -0.25) is 0 Å². The van der Waals surface area contributed by atoms with E-state index in [1.165, 1.54) is 12.0 Å². The van der Waals surface area contributed by atoms with Crippen LogP contribution in [0.1, 0.15) is 27.2 Å². The highest BCUT2D eigenvalue weighted by atomic mass is 14.3. The third kappa shape index (κ3) is 1.03. The number of hydrogen-bond acceptors (Lipinski definition) is 0. The number of hydrogen-bond donors (Lipinski definition) is 0. The number of allylic oxidation sites excluding steroid dienone is 1. The summed E-state index contributed by atoms with van der Waals surface area (Å²) in [5.41, 5.74) is 1.46. The summed E-state index contributed by atoms with van der Waals surface area (Å²) in [5, 5.41) is 0. The first-order valence-electron chi connectivity index (χ1n) is 3.81. The minimum Gasteiger partial charge on any atom is -0.0993 e. The molecule has 1 fully saturated rings. The summed E-state index contributed by atoms with van der Waals surface area (Å²) in [4.78, 5) is 0. The van der Waals surface area contributed by atoms with Gasteiger partial charge < -0.3 is 0 Å². The molecule has 0 nitrogen and oxygen atoms in total. The Bertz CT molecular complexity index is 124. The lowest BCUT2D eigenvalue weighted by atomic mass is 9.98. The fraction of sp³-hybridized carbons (Fsp3) is 0.778. The van der Waals surface area contributed by atoms with Gasteiger partial charge in [0.1, 0.15) is 0 Å². The zero-order chi connectivity index (χ0) is 7.02. The van der Waals surface area contributed by atoms with Crippen molar-refractivity contribution in [1.82, 2.24) is 0 Å². The molecule has 0 N–H and O–H groups in total. The summed E-state index contributed by atoms with van der Waals surface area (Å²) in [6.45, 7) is 11.0. The maximum Gasteiger partial charge on any atom is -0.0206 e. The lowest BCUT2D eigenvalue weighted by Crippen LogP contribution is -1.98. The van der Waals surface area contributed by atoms with Crippen molar-refractivity contribution in [3.8, 4) is 0 Å². The van der Waals surface area contributed by atoms with Crippen molar-refractivity contribution in [3.05, 3.63) is 12.2 Å². The molecule has 1 aliphatic carbocycles. The molecule has 9 heavy (non-hydrogen) atoms. The highest BCUT2D eigenvalue weighted by Crippen LogP contribution is 2.38. The van der Waals surface area contributed by atoms with Crippen LogP contribution < -0.4 is 0 Å². The molecule has 0 heteroatoms. The van der Waals surface area contributed by atoms with Crippen LogP contribution >= 0.6 is 0 Å². The second kappa shape index (κ2) is 2.17. The number of rotatable bonds is 0. The Morgan fingerprint density at radius 1 is 1.33 bits per heavy atom. The van der Waals surface area contributed by atoms with E-state index in [-0.39, 0.29) is 0 Å². The van der Waals surface area contributed by atoms with Gasteiger partial charge in [0.15, 0.2) is 0 Å². The highest BCUT2D eigenvalue weighted by molar-refractivity contribution is 5.10. The molecule has 0 heterocycles. The summed E-state index contributed by atoms with van der Waals surface area (Å²) in [7, 11) is 0. The largest absolute Gasteiger partial charge is 0.0993 e. The van der Waals surface area contributed by atoms with Gasteiger partial charge in [-0.25, -0.2) is 0 Å². The highest BCUT2D eigenvalue weighted by Gasteiger charge is 2.28. The minimum absolute atomic E-state index is 0.764. The van der Waals surface area contributed by atoms with E-state index in [0.29, 0.717) is 0 Å². The Balaban J connectivity index is 2.65. The molecule has 52 valence electrons. The second-order valence-electron chi connectivity index (χ2n) is 3.48. The van der Waals surface area contributed by atoms with E-state index in [0.717, 1.165) is 17.8 Å². The molecule has 0 amide bonds. The Hall–Kier alpha value is -0.260. The van der Waals surface area contributed by atoms with Crippen LogP contribution in [0.3, 0.4) is 0 Å². The van der Waals surface area contributed by atoms with Gasteiger partial charge in [0.25, 0.3) is 0 Å². The van der Waals surface area contributed by atoms with E-state index in [4.69, 9.17) is 0 Å². The monoisotopic (exact) mass is 124 g/mol. The lowest BCUT2D eigenvalue weighted by Gasteiger charge is -2.08. The third-order valence-electron chi connectivity index (χ3n) is 2.80. The van der Waals surface area contributed by atoms with Gasteiger partial charge >= 0.3 is 0 Å². The van der Waals surface area contributed by atoms with E-state index < -0.39 is 0 Å². The Morgan fingerprint density at radius 2 is 1.89 bits per heavy atom. The van der Waals surface area contributed by atoms with Gasteiger partial charge in [-0.05, 0) is 24.2 Å². The molecule has 1 rings (SSSR count). The molecule has 0 aliphatic heterocycles. The van der Waals surface area contributed by atoms with Crippen LogP contribution in [-0.2, 0) is 0 Å². The van der Waals surface area contributed by atoms with Crippen molar-refractivity contribution >= 4 is 0 Å². The summed E-state index contributed by atoms with van der Waals surface area (Å²) in [6, 6.07) is 0.